The fourth-order valence-corrected chi connectivity index (χ4v) is 1.54. The summed E-state index contributed by atoms with van der Waals surface area (Å²) in [6.07, 6.45) is 1.36. The molecular weight excluding hydrogens is 164 g/mol. The molecule has 0 N–H and O–H groups in total. The quantitative estimate of drug-likeness (QED) is 0.640. The first-order valence-corrected chi connectivity index (χ1v) is 4.21. The average molecular weight is 174 g/mol. The van der Waals surface area contributed by atoms with Gasteiger partial charge in [0.25, 0.3) is 0 Å². The maximum Gasteiger partial charge on any atom is 0.166 e. The van der Waals surface area contributed by atoms with Crippen molar-refractivity contribution in [1.82, 2.24) is 0 Å². The van der Waals surface area contributed by atoms with Gasteiger partial charge in [-0.1, -0.05) is 24.8 Å². The predicted octanol–water partition coefficient (Wildman–Crippen LogP) is 1.92. The van der Waals surface area contributed by atoms with Crippen molar-refractivity contribution in [3.63, 3.8) is 0 Å². The maximum absolute atomic E-state index is 11.4. The van der Waals surface area contributed by atoms with E-state index in [4.69, 9.17) is 4.74 Å². The van der Waals surface area contributed by atoms with Crippen molar-refractivity contribution in [1.29, 1.82) is 0 Å². The van der Waals surface area contributed by atoms with Crippen LogP contribution in [0, 0.1) is 0 Å². The van der Waals surface area contributed by atoms with E-state index in [2.05, 4.69) is 6.58 Å². The summed E-state index contributed by atoms with van der Waals surface area (Å²) in [6.45, 7) is 3.92. The second-order valence-corrected chi connectivity index (χ2v) is 3.01. The van der Waals surface area contributed by atoms with Crippen LogP contribution in [0.1, 0.15) is 11.5 Å². The number of carbonyl (C=O) groups excluding carboxylic acids is 1. The van der Waals surface area contributed by atoms with E-state index in [0.29, 0.717) is 6.61 Å². The molecule has 1 heterocycles. The molecule has 1 aliphatic rings. The van der Waals surface area contributed by atoms with Gasteiger partial charge in [0, 0.05) is 5.56 Å². The molecule has 13 heavy (non-hydrogen) atoms. The lowest BCUT2D eigenvalue weighted by Crippen LogP contribution is -2.10. The second kappa shape index (κ2) is 3.05. The van der Waals surface area contributed by atoms with Crippen LogP contribution in [0.2, 0.25) is 0 Å². The molecule has 0 bridgehead atoms. The van der Waals surface area contributed by atoms with Crippen LogP contribution >= 0.6 is 0 Å². The highest BCUT2D eigenvalue weighted by Crippen LogP contribution is 2.33. The van der Waals surface area contributed by atoms with Crippen molar-refractivity contribution in [2.24, 2.45) is 0 Å². The van der Waals surface area contributed by atoms with Crippen LogP contribution in [0.5, 0.6) is 5.75 Å². The Labute approximate surface area is 76.8 Å². The topological polar surface area (TPSA) is 26.3 Å². The Morgan fingerprint density at radius 3 is 3.08 bits per heavy atom. The van der Waals surface area contributed by atoms with Gasteiger partial charge < -0.3 is 4.74 Å². The fourth-order valence-electron chi connectivity index (χ4n) is 1.54. The van der Waals surface area contributed by atoms with Gasteiger partial charge in [-0.2, -0.15) is 0 Å². The number of ether oxygens (including phenoxy) is 1. The van der Waals surface area contributed by atoms with Gasteiger partial charge in [0.05, 0.1) is 5.92 Å². The summed E-state index contributed by atoms with van der Waals surface area (Å²) in [5, 5.41) is 0. The Morgan fingerprint density at radius 2 is 2.31 bits per heavy atom. The highest BCUT2D eigenvalue weighted by atomic mass is 16.5. The molecule has 0 fully saturated rings. The molecule has 1 unspecified atom stereocenters. The van der Waals surface area contributed by atoms with Crippen LogP contribution in [0.25, 0.3) is 0 Å². The molecule has 0 aromatic heterocycles. The fraction of sp³-hybridized carbons (Fsp3) is 0.182. The molecule has 1 aromatic rings. The summed E-state index contributed by atoms with van der Waals surface area (Å²) in [5.41, 5.74) is 0.979. The van der Waals surface area contributed by atoms with Crippen molar-refractivity contribution in [2.75, 3.05) is 6.61 Å². The van der Waals surface area contributed by atoms with Crippen LogP contribution < -0.4 is 4.74 Å². The van der Waals surface area contributed by atoms with E-state index in [-0.39, 0.29) is 11.7 Å². The third-order valence-electron chi connectivity index (χ3n) is 2.24. The van der Waals surface area contributed by atoms with Gasteiger partial charge in [0.15, 0.2) is 5.78 Å². The number of hydrogen-bond donors (Lipinski definition) is 0. The summed E-state index contributed by atoms with van der Waals surface area (Å²) in [5.74, 6) is 0.710. The lowest BCUT2D eigenvalue weighted by Gasteiger charge is -2.02. The van der Waals surface area contributed by atoms with Crippen molar-refractivity contribution in [2.45, 2.75) is 5.92 Å². The summed E-state index contributed by atoms with van der Waals surface area (Å²) in [6, 6.07) is 7.62. The van der Waals surface area contributed by atoms with E-state index in [1.165, 1.54) is 6.08 Å². The highest BCUT2D eigenvalue weighted by Gasteiger charge is 2.27. The predicted molar refractivity (Wildman–Crippen MR) is 49.9 cm³/mol. The van der Waals surface area contributed by atoms with Gasteiger partial charge in [-0.3, -0.25) is 4.79 Å². The van der Waals surface area contributed by atoms with Crippen LogP contribution in [0.4, 0.5) is 0 Å². The zero-order valence-electron chi connectivity index (χ0n) is 7.19. The summed E-state index contributed by atoms with van der Waals surface area (Å²) in [4.78, 5) is 11.4. The minimum atomic E-state index is -0.145. The molecule has 1 aromatic carbocycles. The number of hydrogen-bond acceptors (Lipinski definition) is 2. The Bertz CT molecular complexity index is 355. The van der Waals surface area contributed by atoms with Gasteiger partial charge in [-0.25, -0.2) is 0 Å². The van der Waals surface area contributed by atoms with Crippen molar-refractivity contribution < 1.29 is 9.53 Å². The van der Waals surface area contributed by atoms with E-state index >= 15 is 0 Å². The van der Waals surface area contributed by atoms with Crippen LogP contribution in [-0.4, -0.2) is 12.4 Å². The third kappa shape index (κ3) is 1.24. The average Bonchev–Trinajstić information content (AvgIpc) is 2.60. The molecule has 0 saturated heterocycles. The number of benzene rings is 1. The van der Waals surface area contributed by atoms with Crippen molar-refractivity contribution in [3.05, 3.63) is 42.5 Å². The molecule has 2 rings (SSSR count). The molecular formula is C11H10O2. The third-order valence-corrected chi connectivity index (χ3v) is 2.24. The van der Waals surface area contributed by atoms with Gasteiger partial charge in [-0.15, -0.1) is 0 Å². The van der Waals surface area contributed by atoms with E-state index in [0.717, 1.165) is 11.3 Å². The molecule has 2 heteroatoms. The summed E-state index contributed by atoms with van der Waals surface area (Å²) >= 11 is 0. The molecule has 0 saturated carbocycles. The number of para-hydroxylation sites is 1. The number of allylic oxidation sites excluding steroid dienone is 1. The lowest BCUT2D eigenvalue weighted by molar-refractivity contribution is -0.116. The molecule has 2 nitrogen and oxygen atoms in total. The minimum absolute atomic E-state index is 0.0324. The molecule has 66 valence electrons. The van der Waals surface area contributed by atoms with Gasteiger partial charge in [0.1, 0.15) is 12.4 Å². The Balaban J connectivity index is 2.38. The van der Waals surface area contributed by atoms with E-state index in [1.807, 2.05) is 24.3 Å². The highest BCUT2D eigenvalue weighted by molar-refractivity contribution is 5.96. The van der Waals surface area contributed by atoms with Crippen molar-refractivity contribution >= 4 is 5.78 Å². The van der Waals surface area contributed by atoms with E-state index < -0.39 is 0 Å². The first-order chi connectivity index (χ1) is 6.33. The zero-order valence-corrected chi connectivity index (χ0v) is 7.19. The minimum Gasteiger partial charge on any atom is -0.492 e. The van der Waals surface area contributed by atoms with Crippen LogP contribution in [0.15, 0.2) is 36.9 Å². The lowest BCUT2D eigenvalue weighted by atomic mass is 9.97. The Kier molecular flexibility index (Phi) is 1.89. The summed E-state index contributed by atoms with van der Waals surface area (Å²) in [7, 11) is 0. The normalized spacial score (nSPS) is 18.9. The maximum atomic E-state index is 11.4. The molecule has 1 aliphatic heterocycles. The summed E-state index contributed by atoms with van der Waals surface area (Å²) < 4.78 is 5.37. The standard InChI is InChI=1S/C11H10O2/c1-2-10(12)9-7-13-11-6-4-3-5-8(9)11/h2-6,9H,1,7H2. The monoisotopic (exact) mass is 174 g/mol. The number of ketones is 1. The first kappa shape index (κ1) is 8.05. The Morgan fingerprint density at radius 1 is 1.54 bits per heavy atom. The molecule has 1 atom stereocenters. The van der Waals surface area contributed by atoms with Crippen molar-refractivity contribution in [3.8, 4) is 5.75 Å². The SMILES string of the molecule is C=CC(=O)C1COc2ccccc21. The zero-order chi connectivity index (χ0) is 9.26. The first-order valence-electron chi connectivity index (χ1n) is 4.21. The number of carbonyl (C=O) groups is 1. The molecule has 0 radical (unpaired) electrons. The Hall–Kier alpha value is -1.57. The smallest absolute Gasteiger partial charge is 0.166 e. The van der Waals surface area contributed by atoms with Gasteiger partial charge in [0.2, 0.25) is 0 Å². The van der Waals surface area contributed by atoms with Gasteiger partial charge in [-0.05, 0) is 12.1 Å². The van der Waals surface area contributed by atoms with Crippen LogP contribution in [0.3, 0.4) is 0 Å². The second-order valence-electron chi connectivity index (χ2n) is 3.01. The van der Waals surface area contributed by atoms with Crippen LogP contribution in [-0.2, 0) is 4.79 Å². The number of fused-ring (bicyclic) bond motifs is 1. The van der Waals surface area contributed by atoms with Gasteiger partial charge >= 0.3 is 0 Å². The van der Waals surface area contributed by atoms with E-state index in [1.54, 1.807) is 0 Å². The molecule has 0 spiro atoms. The molecule has 0 aliphatic carbocycles. The molecule has 0 amide bonds. The largest absolute Gasteiger partial charge is 0.492 e. The number of rotatable bonds is 2. The van der Waals surface area contributed by atoms with E-state index in [9.17, 15) is 4.79 Å².